The minimum Gasteiger partial charge on any atom is -0.444 e. The number of hydrogen-bond donors (Lipinski definition) is 0. The third kappa shape index (κ3) is 4.84. The van der Waals surface area contributed by atoms with Crippen molar-refractivity contribution in [1.29, 1.82) is 0 Å². The normalized spacial score (nSPS) is 28.5. The van der Waals surface area contributed by atoms with Gasteiger partial charge in [-0.3, -0.25) is 9.69 Å². The molecule has 1 aromatic carbocycles. The second kappa shape index (κ2) is 8.40. The highest BCUT2D eigenvalue weighted by molar-refractivity contribution is 6.62. The van der Waals surface area contributed by atoms with Crippen molar-refractivity contribution in [2.24, 2.45) is 5.92 Å². The third-order valence-corrected chi connectivity index (χ3v) is 7.22. The first-order chi connectivity index (χ1) is 15.3. The first kappa shape index (κ1) is 24.2. The zero-order valence-corrected chi connectivity index (χ0v) is 20.8. The molecule has 0 saturated carbocycles. The Kier molecular flexibility index (Phi) is 6.17. The molecule has 0 N–H and O–H groups in total. The summed E-state index contributed by atoms with van der Waals surface area (Å²) in [4.78, 5) is 27.9. The lowest BCUT2D eigenvalue weighted by atomic mass is 9.77. The Balaban J connectivity index is 1.44. The number of carbonyl (C=O) groups excluding carboxylic acids is 2. The van der Waals surface area contributed by atoms with E-state index >= 15 is 0 Å². The van der Waals surface area contributed by atoms with Crippen molar-refractivity contribution in [3.63, 3.8) is 0 Å². The average Bonchev–Trinajstić information content (AvgIpc) is 2.92. The molecule has 180 valence electrons. The summed E-state index contributed by atoms with van der Waals surface area (Å²) >= 11 is 0. The molecule has 0 aliphatic carbocycles. The first-order valence-corrected chi connectivity index (χ1v) is 11.9. The monoisotopic (exact) mass is 457 g/mol. The van der Waals surface area contributed by atoms with Crippen molar-refractivity contribution in [2.75, 3.05) is 13.2 Å². The summed E-state index contributed by atoms with van der Waals surface area (Å²) < 4.78 is 23.5. The van der Waals surface area contributed by atoms with E-state index in [1.165, 1.54) is 0 Å². The van der Waals surface area contributed by atoms with Gasteiger partial charge < -0.3 is 18.8 Å². The smallest absolute Gasteiger partial charge is 0.444 e. The average molecular weight is 457 g/mol. The van der Waals surface area contributed by atoms with Crippen LogP contribution in [0.5, 0.6) is 0 Å². The first-order valence-electron chi connectivity index (χ1n) is 11.9. The van der Waals surface area contributed by atoms with Gasteiger partial charge in [0.05, 0.1) is 36.5 Å². The maximum Gasteiger partial charge on any atom is 0.494 e. The van der Waals surface area contributed by atoms with Gasteiger partial charge in [-0.2, -0.15) is 0 Å². The minimum absolute atomic E-state index is 0.108. The van der Waals surface area contributed by atoms with Gasteiger partial charge in [0.2, 0.25) is 0 Å². The van der Waals surface area contributed by atoms with Crippen molar-refractivity contribution in [3.8, 4) is 0 Å². The standard InChI is InChI=1S/C25H36BNO6/c1-23(2,3)31-22(29)27-19-12-17(13-20(27)15-30-14-19)21(28)16-8-10-18(11-9-16)26-32-24(4,5)25(6,7)33-26/h8-11,17,19-20H,12-15H2,1-7H3. The van der Waals surface area contributed by atoms with E-state index in [2.05, 4.69) is 0 Å². The molecule has 7 nitrogen and oxygen atoms in total. The SMILES string of the molecule is CC(C)(C)OC(=O)N1C2COCC1CC(C(=O)c1ccc(B3OC(C)(C)C(C)(C)O3)cc1)C2. The van der Waals surface area contributed by atoms with Gasteiger partial charge in [0.25, 0.3) is 0 Å². The van der Waals surface area contributed by atoms with Crippen LogP contribution in [0.1, 0.15) is 71.7 Å². The molecule has 33 heavy (non-hydrogen) atoms. The number of carbonyl (C=O) groups is 2. The quantitative estimate of drug-likeness (QED) is 0.510. The van der Waals surface area contributed by atoms with Crippen LogP contribution in [0.3, 0.4) is 0 Å². The number of benzene rings is 1. The maximum absolute atomic E-state index is 13.3. The van der Waals surface area contributed by atoms with Crippen molar-refractivity contribution in [2.45, 2.75) is 90.2 Å². The van der Waals surface area contributed by atoms with Crippen LogP contribution in [-0.4, -0.2) is 66.0 Å². The number of piperidine rings is 1. The molecule has 3 fully saturated rings. The Morgan fingerprint density at radius 3 is 1.97 bits per heavy atom. The molecule has 0 aromatic heterocycles. The van der Waals surface area contributed by atoms with Crippen LogP contribution in [0.25, 0.3) is 0 Å². The van der Waals surface area contributed by atoms with Gasteiger partial charge in [0, 0.05) is 11.5 Å². The highest BCUT2D eigenvalue weighted by Gasteiger charge is 2.51. The largest absolute Gasteiger partial charge is 0.494 e. The van der Waals surface area contributed by atoms with E-state index in [9.17, 15) is 9.59 Å². The van der Waals surface area contributed by atoms with E-state index in [-0.39, 0.29) is 29.9 Å². The molecule has 2 bridgehead atoms. The lowest BCUT2D eigenvalue weighted by Crippen LogP contribution is -2.60. The van der Waals surface area contributed by atoms with Crippen LogP contribution >= 0.6 is 0 Å². The topological polar surface area (TPSA) is 74.3 Å². The number of morpholine rings is 1. The number of hydrogen-bond acceptors (Lipinski definition) is 6. The Morgan fingerprint density at radius 1 is 0.970 bits per heavy atom. The van der Waals surface area contributed by atoms with Crippen LogP contribution in [0.2, 0.25) is 0 Å². The predicted octanol–water partition coefficient (Wildman–Crippen LogP) is 3.58. The number of ether oxygens (including phenoxy) is 2. The number of rotatable bonds is 3. The summed E-state index contributed by atoms with van der Waals surface area (Å²) in [7, 11) is -0.451. The molecule has 2 unspecified atom stereocenters. The summed E-state index contributed by atoms with van der Waals surface area (Å²) in [6.07, 6.45) is 0.833. The molecule has 3 aliphatic rings. The van der Waals surface area contributed by atoms with Gasteiger partial charge in [-0.05, 0) is 66.8 Å². The van der Waals surface area contributed by atoms with Crippen molar-refractivity contribution >= 4 is 24.5 Å². The van der Waals surface area contributed by atoms with Crippen LogP contribution in [-0.2, 0) is 18.8 Å². The number of Topliss-reactive ketones (excluding diaryl/α,β-unsaturated/α-hetero) is 1. The molecule has 8 heteroatoms. The number of fused-ring (bicyclic) bond motifs is 2. The van der Waals surface area contributed by atoms with E-state index in [1.54, 1.807) is 4.90 Å². The molecule has 3 heterocycles. The number of amides is 1. The van der Waals surface area contributed by atoms with Crippen molar-refractivity contribution < 1.29 is 28.4 Å². The minimum atomic E-state index is -0.558. The number of nitrogens with zero attached hydrogens (tertiary/aromatic N) is 1. The van der Waals surface area contributed by atoms with Gasteiger partial charge in [0.1, 0.15) is 5.60 Å². The van der Waals surface area contributed by atoms with Crippen LogP contribution < -0.4 is 5.46 Å². The Morgan fingerprint density at radius 2 is 1.48 bits per heavy atom. The molecule has 0 radical (unpaired) electrons. The van der Waals surface area contributed by atoms with Crippen LogP contribution in [0, 0.1) is 5.92 Å². The molecule has 3 aliphatic heterocycles. The van der Waals surface area contributed by atoms with E-state index in [1.807, 2.05) is 72.7 Å². The molecular weight excluding hydrogens is 421 g/mol. The lowest BCUT2D eigenvalue weighted by molar-refractivity contribution is -0.0861. The van der Waals surface area contributed by atoms with E-state index < -0.39 is 23.9 Å². The maximum atomic E-state index is 13.3. The third-order valence-electron chi connectivity index (χ3n) is 7.22. The van der Waals surface area contributed by atoms with Crippen LogP contribution in [0.4, 0.5) is 4.79 Å². The molecule has 1 amide bonds. The highest BCUT2D eigenvalue weighted by atomic mass is 16.7. The fourth-order valence-corrected chi connectivity index (χ4v) is 4.76. The van der Waals surface area contributed by atoms with Gasteiger partial charge >= 0.3 is 13.2 Å². The molecule has 0 spiro atoms. The van der Waals surface area contributed by atoms with Crippen molar-refractivity contribution in [3.05, 3.63) is 29.8 Å². The van der Waals surface area contributed by atoms with Gasteiger partial charge in [-0.25, -0.2) is 4.79 Å². The Hall–Kier alpha value is -1.90. The zero-order valence-electron chi connectivity index (χ0n) is 20.8. The van der Waals surface area contributed by atoms with E-state index in [4.69, 9.17) is 18.8 Å². The van der Waals surface area contributed by atoms with Gasteiger partial charge in [-0.1, -0.05) is 24.3 Å². The summed E-state index contributed by atoms with van der Waals surface area (Å²) in [5.74, 6) is -0.0403. The predicted molar refractivity (Wildman–Crippen MR) is 126 cm³/mol. The second-order valence-corrected chi connectivity index (χ2v) is 11.5. The summed E-state index contributed by atoms with van der Waals surface area (Å²) in [6, 6.07) is 7.24. The lowest BCUT2D eigenvalue weighted by Gasteiger charge is -2.47. The molecular formula is C25H36BNO6. The van der Waals surface area contributed by atoms with Gasteiger partial charge in [0.15, 0.2) is 5.78 Å². The number of ketones is 1. The Labute approximate surface area is 197 Å². The summed E-state index contributed by atoms with van der Waals surface area (Å²) in [6.45, 7) is 14.5. The second-order valence-electron chi connectivity index (χ2n) is 11.5. The molecule has 3 saturated heterocycles. The zero-order chi connectivity index (χ0) is 24.2. The molecule has 4 rings (SSSR count). The molecule has 1 aromatic rings. The van der Waals surface area contributed by atoms with E-state index in [0.717, 1.165) is 5.46 Å². The van der Waals surface area contributed by atoms with Gasteiger partial charge in [-0.15, -0.1) is 0 Å². The Bertz CT molecular complexity index is 876. The highest BCUT2D eigenvalue weighted by Crippen LogP contribution is 2.37. The fourth-order valence-electron chi connectivity index (χ4n) is 4.76. The van der Waals surface area contributed by atoms with E-state index in [0.29, 0.717) is 31.6 Å². The summed E-state index contributed by atoms with van der Waals surface area (Å²) in [5, 5.41) is 0. The van der Waals surface area contributed by atoms with Crippen molar-refractivity contribution in [1.82, 2.24) is 4.90 Å². The fraction of sp³-hybridized carbons (Fsp3) is 0.680. The summed E-state index contributed by atoms with van der Waals surface area (Å²) in [5.41, 5.74) is 0.195. The van der Waals surface area contributed by atoms with Crippen LogP contribution in [0.15, 0.2) is 24.3 Å². The molecule has 2 atom stereocenters.